The molecule has 7 heteroatoms. The van der Waals surface area contributed by atoms with Crippen molar-refractivity contribution in [2.75, 3.05) is 13.7 Å². The summed E-state index contributed by atoms with van der Waals surface area (Å²) in [6, 6.07) is 2.65. The van der Waals surface area contributed by atoms with Gasteiger partial charge in [-0.2, -0.15) is 0 Å². The molecule has 2 N–H and O–H groups in total. The first-order valence-electron chi connectivity index (χ1n) is 6.41. The van der Waals surface area contributed by atoms with E-state index < -0.39 is 41.4 Å². The van der Waals surface area contributed by atoms with E-state index in [2.05, 4.69) is 5.32 Å². The van der Waals surface area contributed by atoms with Gasteiger partial charge < -0.3 is 15.2 Å². The number of nitrogens with one attached hydrogen (secondary N) is 1. The number of carbonyl (C=O) groups is 2. The summed E-state index contributed by atoms with van der Waals surface area (Å²) in [6.07, 6.45) is 0.290. The average molecular weight is 299 g/mol. The minimum absolute atomic E-state index is 0.0707. The average Bonchev–Trinajstić information content (AvgIpc) is 3.22. The van der Waals surface area contributed by atoms with E-state index in [1.165, 1.54) is 13.2 Å². The largest absolute Gasteiger partial charge is 0.481 e. The lowest BCUT2D eigenvalue weighted by Gasteiger charge is -2.18. The molecule has 1 saturated carbocycles. The van der Waals surface area contributed by atoms with Gasteiger partial charge in [0.15, 0.2) is 11.6 Å². The topological polar surface area (TPSA) is 75.6 Å². The van der Waals surface area contributed by atoms with E-state index in [4.69, 9.17) is 9.84 Å². The molecule has 2 rings (SSSR count). The van der Waals surface area contributed by atoms with Crippen molar-refractivity contribution in [3.05, 3.63) is 35.4 Å². The minimum atomic E-state index is -1.02. The molecular weight excluding hydrogens is 284 g/mol. The Hall–Kier alpha value is -2.02. The summed E-state index contributed by atoms with van der Waals surface area (Å²) < 4.78 is 31.1. The van der Waals surface area contributed by atoms with Crippen LogP contribution in [0.3, 0.4) is 0 Å². The van der Waals surface area contributed by atoms with E-state index in [1.807, 2.05) is 0 Å². The molecule has 0 bridgehead atoms. The van der Waals surface area contributed by atoms with Crippen LogP contribution in [0.2, 0.25) is 0 Å². The highest BCUT2D eigenvalue weighted by molar-refractivity contribution is 5.89. The molecule has 3 unspecified atom stereocenters. The number of amides is 1. The smallest absolute Gasteiger partial charge is 0.307 e. The zero-order valence-corrected chi connectivity index (χ0v) is 11.3. The third-order valence-electron chi connectivity index (χ3n) is 3.44. The molecule has 1 aromatic carbocycles. The van der Waals surface area contributed by atoms with E-state index in [9.17, 15) is 18.4 Å². The fourth-order valence-electron chi connectivity index (χ4n) is 2.15. The first-order valence-corrected chi connectivity index (χ1v) is 6.41. The fourth-order valence-corrected chi connectivity index (χ4v) is 2.15. The molecule has 21 heavy (non-hydrogen) atoms. The van der Waals surface area contributed by atoms with E-state index in [0.717, 1.165) is 12.1 Å². The van der Waals surface area contributed by atoms with Gasteiger partial charge in [0.1, 0.15) is 0 Å². The van der Waals surface area contributed by atoms with Crippen LogP contribution in [0, 0.1) is 23.5 Å². The molecule has 1 amide bonds. The number of aliphatic carboxylic acids is 1. The standard InChI is InChI=1S/C14H15F2NO4/c1-21-6-12(7-2-3-10(15)11(16)4-7)17-13(18)8-5-9(8)14(19)20/h2-4,8-9,12H,5-6H2,1H3,(H,17,18)(H,19,20). The second kappa shape index (κ2) is 6.17. The lowest BCUT2D eigenvalue weighted by Crippen LogP contribution is -2.33. The quantitative estimate of drug-likeness (QED) is 0.834. The summed E-state index contributed by atoms with van der Waals surface area (Å²) in [5, 5.41) is 11.4. The summed E-state index contributed by atoms with van der Waals surface area (Å²) in [4.78, 5) is 22.7. The zero-order chi connectivity index (χ0) is 15.6. The number of ether oxygens (including phenoxy) is 1. The molecule has 1 aliphatic carbocycles. The molecule has 0 heterocycles. The van der Waals surface area contributed by atoms with Crippen molar-refractivity contribution < 1.29 is 28.2 Å². The predicted octanol–water partition coefficient (Wildman–Crippen LogP) is 1.49. The van der Waals surface area contributed by atoms with Gasteiger partial charge in [0.25, 0.3) is 0 Å². The molecular formula is C14H15F2NO4. The van der Waals surface area contributed by atoms with Gasteiger partial charge in [0, 0.05) is 7.11 Å². The Labute approximate surface area is 119 Å². The molecule has 1 aliphatic rings. The molecule has 114 valence electrons. The van der Waals surface area contributed by atoms with Gasteiger partial charge >= 0.3 is 5.97 Å². The molecule has 0 radical (unpaired) electrons. The molecule has 0 aliphatic heterocycles. The van der Waals surface area contributed by atoms with Crippen LogP contribution >= 0.6 is 0 Å². The fraction of sp³-hybridized carbons (Fsp3) is 0.429. The van der Waals surface area contributed by atoms with Crippen LogP contribution in [0.25, 0.3) is 0 Å². The normalized spacial score (nSPS) is 21.7. The second-order valence-electron chi connectivity index (χ2n) is 4.98. The Morgan fingerprint density at radius 1 is 1.38 bits per heavy atom. The molecule has 0 spiro atoms. The summed E-state index contributed by atoms with van der Waals surface area (Å²) in [5.41, 5.74) is 0.358. The van der Waals surface area contributed by atoms with Crippen molar-refractivity contribution >= 4 is 11.9 Å². The van der Waals surface area contributed by atoms with Crippen LogP contribution < -0.4 is 5.32 Å². The SMILES string of the molecule is COCC(NC(=O)C1CC1C(=O)O)c1ccc(F)c(F)c1. The van der Waals surface area contributed by atoms with Crippen LogP contribution in [0.15, 0.2) is 18.2 Å². The first-order chi connectivity index (χ1) is 9.93. The summed E-state index contributed by atoms with van der Waals surface area (Å²) >= 11 is 0. The number of hydrogen-bond donors (Lipinski definition) is 2. The molecule has 0 aromatic heterocycles. The minimum Gasteiger partial charge on any atom is -0.481 e. The Kier molecular flexibility index (Phi) is 4.52. The van der Waals surface area contributed by atoms with Gasteiger partial charge in [0.2, 0.25) is 5.91 Å². The molecule has 1 fully saturated rings. The van der Waals surface area contributed by atoms with Crippen molar-refractivity contribution in [3.8, 4) is 0 Å². The van der Waals surface area contributed by atoms with E-state index >= 15 is 0 Å². The summed E-state index contributed by atoms with van der Waals surface area (Å²) in [5.74, 6) is -4.67. The predicted molar refractivity (Wildman–Crippen MR) is 68.4 cm³/mol. The highest BCUT2D eigenvalue weighted by atomic mass is 19.2. The van der Waals surface area contributed by atoms with Gasteiger partial charge in [-0.05, 0) is 24.1 Å². The Bertz CT molecular complexity index is 564. The molecule has 5 nitrogen and oxygen atoms in total. The van der Waals surface area contributed by atoms with Crippen molar-refractivity contribution in [2.24, 2.45) is 11.8 Å². The van der Waals surface area contributed by atoms with Crippen LogP contribution in [0.5, 0.6) is 0 Å². The highest BCUT2D eigenvalue weighted by Crippen LogP contribution is 2.39. The van der Waals surface area contributed by atoms with Crippen LogP contribution in [0.4, 0.5) is 8.78 Å². The number of rotatable bonds is 6. The number of hydrogen-bond acceptors (Lipinski definition) is 3. The number of carboxylic acids is 1. The molecule has 1 aromatic rings. The summed E-state index contributed by atoms with van der Waals surface area (Å²) in [7, 11) is 1.41. The number of halogens is 2. The van der Waals surface area contributed by atoms with E-state index in [0.29, 0.717) is 12.0 Å². The Morgan fingerprint density at radius 2 is 2.10 bits per heavy atom. The number of carbonyl (C=O) groups excluding carboxylic acids is 1. The van der Waals surface area contributed by atoms with Gasteiger partial charge in [-0.3, -0.25) is 9.59 Å². The third kappa shape index (κ3) is 3.55. The maximum atomic E-state index is 13.2. The monoisotopic (exact) mass is 299 g/mol. The van der Waals surface area contributed by atoms with Gasteiger partial charge in [-0.15, -0.1) is 0 Å². The van der Waals surface area contributed by atoms with Crippen LogP contribution in [-0.2, 0) is 14.3 Å². The van der Waals surface area contributed by atoms with E-state index in [1.54, 1.807) is 0 Å². The van der Waals surface area contributed by atoms with Gasteiger partial charge in [-0.1, -0.05) is 6.07 Å². The van der Waals surface area contributed by atoms with Crippen molar-refractivity contribution in [2.45, 2.75) is 12.5 Å². The Morgan fingerprint density at radius 3 is 2.62 bits per heavy atom. The maximum Gasteiger partial charge on any atom is 0.307 e. The number of benzene rings is 1. The number of carboxylic acid groups (broad SMARTS) is 1. The van der Waals surface area contributed by atoms with Gasteiger partial charge in [-0.25, -0.2) is 8.78 Å². The first kappa shape index (κ1) is 15.4. The zero-order valence-electron chi connectivity index (χ0n) is 11.3. The lowest BCUT2D eigenvalue weighted by molar-refractivity contribution is -0.140. The summed E-state index contributed by atoms with van der Waals surface area (Å²) in [6.45, 7) is 0.0707. The third-order valence-corrected chi connectivity index (χ3v) is 3.44. The lowest BCUT2D eigenvalue weighted by atomic mass is 10.1. The van der Waals surface area contributed by atoms with Crippen molar-refractivity contribution in [3.63, 3.8) is 0 Å². The highest BCUT2D eigenvalue weighted by Gasteiger charge is 2.48. The second-order valence-corrected chi connectivity index (χ2v) is 4.98. The van der Waals surface area contributed by atoms with Crippen molar-refractivity contribution in [1.82, 2.24) is 5.32 Å². The van der Waals surface area contributed by atoms with Crippen molar-refractivity contribution in [1.29, 1.82) is 0 Å². The maximum absolute atomic E-state index is 13.2. The van der Waals surface area contributed by atoms with E-state index in [-0.39, 0.29) is 6.61 Å². The molecule has 0 saturated heterocycles. The van der Waals surface area contributed by atoms with Gasteiger partial charge in [0.05, 0.1) is 24.5 Å². The molecule has 3 atom stereocenters. The van der Waals surface area contributed by atoms with Crippen LogP contribution in [-0.4, -0.2) is 30.7 Å². The Balaban J connectivity index is 2.07. The number of methoxy groups -OCH3 is 1. The van der Waals surface area contributed by atoms with Crippen LogP contribution in [0.1, 0.15) is 18.0 Å².